The Balaban J connectivity index is 2.31. The van der Waals surface area contributed by atoms with E-state index in [2.05, 4.69) is 20.9 Å². The number of hydrogen-bond acceptors (Lipinski definition) is 3. The van der Waals surface area contributed by atoms with Crippen molar-refractivity contribution in [2.24, 2.45) is 11.7 Å². The number of halogens is 1. The van der Waals surface area contributed by atoms with Crippen LogP contribution >= 0.6 is 15.9 Å². The summed E-state index contributed by atoms with van der Waals surface area (Å²) in [5.41, 5.74) is 12.7. The smallest absolute Gasteiger partial charge is 0.123 e. The van der Waals surface area contributed by atoms with Gasteiger partial charge in [0.15, 0.2) is 0 Å². The molecule has 1 fully saturated rings. The van der Waals surface area contributed by atoms with Gasteiger partial charge < -0.3 is 11.5 Å². The highest BCUT2D eigenvalue weighted by atomic mass is 79.9. The molecule has 0 radical (unpaired) electrons. The summed E-state index contributed by atoms with van der Waals surface area (Å²) >= 11 is 3.43. The molecule has 0 saturated heterocycles. The fourth-order valence-electron chi connectivity index (χ4n) is 1.44. The van der Waals surface area contributed by atoms with Crippen LogP contribution in [0.15, 0.2) is 16.7 Å². The lowest BCUT2D eigenvalue weighted by Crippen LogP contribution is -2.13. The molecule has 0 bridgehead atoms. The molecule has 0 aromatic carbocycles. The molecular weight excluding hydrogens is 230 g/mol. The maximum absolute atomic E-state index is 6.06. The molecule has 3 nitrogen and oxygen atoms in total. The summed E-state index contributed by atoms with van der Waals surface area (Å²) in [4.78, 5) is 3.98. The average Bonchev–Trinajstić information content (AvgIpc) is 2.91. The van der Waals surface area contributed by atoms with Gasteiger partial charge in [-0.05, 0) is 46.3 Å². The van der Waals surface area contributed by atoms with Crippen molar-refractivity contribution in [2.75, 3.05) is 5.73 Å². The van der Waals surface area contributed by atoms with Crippen LogP contribution in [0.2, 0.25) is 0 Å². The molecule has 13 heavy (non-hydrogen) atoms. The van der Waals surface area contributed by atoms with Gasteiger partial charge in [-0.2, -0.15) is 0 Å². The van der Waals surface area contributed by atoms with Gasteiger partial charge in [0.2, 0.25) is 0 Å². The van der Waals surface area contributed by atoms with E-state index in [0.29, 0.717) is 11.7 Å². The van der Waals surface area contributed by atoms with Crippen LogP contribution < -0.4 is 11.5 Å². The Labute approximate surface area is 85.7 Å². The number of nitrogen functional groups attached to an aromatic ring is 1. The van der Waals surface area contributed by atoms with Crippen molar-refractivity contribution >= 4 is 21.7 Å². The Bertz CT molecular complexity index is 323. The van der Waals surface area contributed by atoms with Crippen molar-refractivity contribution < 1.29 is 0 Å². The Morgan fingerprint density at radius 1 is 1.54 bits per heavy atom. The monoisotopic (exact) mass is 241 g/mol. The first-order chi connectivity index (χ1) is 6.18. The number of nitrogens with zero attached hydrogens (tertiary/aromatic N) is 1. The van der Waals surface area contributed by atoms with E-state index in [-0.39, 0.29) is 6.04 Å². The van der Waals surface area contributed by atoms with Gasteiger partial charge in [0.05, 0.1) is 0 Å². The Kier molecular flexibility index (Phi) is 2.26. The van der Waals surface area contributed by atoms with E-state index in [9.17, 15) is 0 Å². The first-order valence-corrected chi connectivity index (χ1v) is 5.14. The summed E-state index contributed by atoms with van der Waals surface area (Å²) < 4.78 is 0.959. The summed E-state index contributed by atoms with van der Waals surface area (Å²) in [5, 5.41) is 0. The molecule has 4 heteroatoms. The first-order valence-electron chi connectivity index (χ1n) is 4.35. The molecule has 0 amide bonds. The van der Waals surface area contributed by atoms with Gasteiger partial charge in [-0.15, -0.1) is 0 Å². The summed E-state index contributed by atoms with van der Waals surface area (Å²) in [5.74, 6) is 1.17. The van der Waals surface area contributed by atoms with Gasteiger partial charge >= 0.3 is 0 Å². The third kappa shape index (κ3) is 1.84. The molecule has 1 atom stereocenters. The highest BCUT2D eigenvalue weighted by Gasteiger charge is 2.30. The van der Waals surface area contributed by atoms with E-state index in [0.717, 1.165) is 10.0 Å². The highest BCUT2D eigenvalue weighted by molar-refractivity contribution is 9.10. The Morgan fingerprint density at radius 2 is 2.23 bits per heavy atom. The van der Waals surface area contributed by atoms with Gasteiger partial charge in [0, 0.05) is 16.7 Å². The molecule has 4 N–H and O–H groups in total. The highest BCUT2D eigenvalue weighted by Crippen LogP contribution is 2.41. The number of anilines is 1. The summed E-state index contributed by atoms with van der Waals surface area (Å²) in [6.45, 7) is 0. The Morgan fingerprint density at radius 3 is 2.85 bits per heavy atom. The second-order valence-corrected chi connectivity index (χ2v) is 4.35. The lowest BCUT2D eigenvalue weighted by atomic mass is 10.1. The molecule has 70 valence electrons. The number of pyridine rings is 1. The van der Waals surface area contributed by atoms with Crippen LogP contribution in [0.25, 0.3) is 0 Å². The quantitative estimate of drug-likeness (QED) is 0.831. The number of nitrogens with two attached hydrogens (primary N) is 2. The predicted octanol–water partition coefficient (Wildman–Crippen LogP) is 1.84. The molecule has 1 saturated carbocycles. The fraction of sp³-hybridized carbons (Fsp3) is 0.444. The minimum Gasteiger partial charge on any atom is -0.384 e. The molecule has 1 heterocycles. The molecule has 0 aliphatic heterocycles. The molecule has 0 spiro atoms. The third-order valence-electron chi connectivity index (χ3n) is 2.40. The van der Waals surface area contributed by atoms with Crippen LogP contribution in [0.4, 0.5) is 5.82 Å². The van der Waals surface area contributed by atoms with Crippen molar-refractivity contribution in [3.63, 3.8) is 0 Å². The predicted molar refractivity (Wildman–Crippen MR) is 56.0 cm³/mol. The zero-order valence-corrected chi connectivity index (χ0v) is 8.79. The SMILES string of the molecule is Nc1cc(C(N)C2CC2)c(Br)cn1. The van der Waals surface area contributed by atoms with Crippen LogP contribution in [0.1, 0.15) is 24.4 Å². The van der Waals surface area contributed by atoms with Crippen molar-refractivity contribution in [1.29, 1.82) is 0 Å². The van der Waals surface area contributed by atoms with Crippen molar-refractivity contribution in [3.05, 3.63) is 22.3 Å². The van der Waals surface area contributed by atoms with Gasteiger partial charge in [-0.25, -0.2) is 4.98 Å². The second kappa shape index (κ2) is 3.27. The molecule has 1 aliphatic rings. The van der Waals surface area contributed by atoms with Gasteiger partial charge in [-0.1, -0.05) is 0 Å². The molecule has 2 rings (SSSR count). The van der Waals surface area contributed by atoms with E-state index >= 15 is 0 Å². The fourth-order valence-corrected chi connectivity index (χ4v) is 1.92. The molecule has 1 aromatic rings. The molecular formula is C9H12BrN3. The van der Waals surface area contributed by atoms with Crippen LogP contribution in [-0.2, 0) is 0 Å². The molecule has 1 aliphatic carbocycles. The van der Waals surface area contributed by atoms with Gasteiger partial charge in [-0.3, -0.25) is 0 Å². The first kappa shape index (κ1) is 8.97. The molecule has 1 aromatic heterocycles. The second-order valence-electron chi connectivity index (χ2n) is 3.49. The van der Waals surface area contributed by atoms with Crippen LogP contribution in [0.3, 0.4) is 0 Å². The minimum atomic E-state index is 0.111. The third-order valence-corrected chi connectivity index (χ3v) is 3.06. The average molecular weight is 242 g/mol. The maximum Gasteiger partial charge on any atom is 0.123 e. The zero-order valence-electron chi connectivity index (χ0n) is 7.20. The minimum absolute atomic E-state index is 0.111. The van der Waals surface area contributed by atoms with Gasteiger partial charge in [0.25, 0.3) is 0 Å². The van der Waals surface area contributed by atoms with E-state index in [4.69, 9.17) is 11.5 Å². The maximum atomic E-state index is 6.06. The summed E-state index contributed by atoms with van der Waals surface area (Å²) in [6, 6.07) is 1.97. The zero-order chi connectivity index (χ0) is 9.42. The normalized spacial score (nSPS) is 18.6. The van der Waals surface area contributed by atoms with Crippen molar-refractivity contribution in [1.82, 2.24) is 4.98 Å². The van der Waals surface area contributed by atoms with Crippen molar-refractivity contribution in [3.8, 4) is 0 Å². The largest absolute Gasteiger partial charge is 0.384 e. The lowest BCUT2D eigenvalue weighted by Gasteiger charge is -2.12. The lowest BCUT2D eigenvalue weighted by molar-refractivity contribution is 0.630. The van der Waals surface area contributed by atoms with Crippen LogP contribution in [0, 0.1) is 5.92 Å². The van der Waals surface area contributed by atoms with E-state index in [1.54, 1.807) is 6.20 Å². The number of rotatable bonds is 2. The standard InChI is InChI=1S/C9H12BrN3/c10-7-4-13-8(11)3-6(7)9(12)5-1-2-5/h3-5,9H,1-2,12H2,(H2,11,13). The van der Waals surface area contributed by atoms with Crippen LogP contribution in [-0.4, -0.2) is 4.98 Å². The number of aromatic nitrogens is 1. The van der Waals surface area contributed by atoms with E-state index in [1.165, 1.54) is 12.8 Å². The van der Waals surface area contributed by atoms with Crippen molar-refractivity contribution in [2.45, 2.75) is 18.9 Å². The van der Waals surface area contributed by atoms with Crippen LogP contribution in [0.5, 0.6) is 0 Å². The summed E-state index contributed by atoms with van der Waals surface area (Å²) in [7, 11) is 0. The van der Waals surface area contributed by atoms with Gasteiger partial charge in [0.1, 0.15) is 5.82 Å². The topological polar surface area (TPSA) is 64.9 Å². The van der Waals surface area contributed by atoms with E-state index < -0.39 is 0 Å². The Hall–Kier alpha value is -0.610. The molecule has 1 unspecified atom stereocenters. The van der Waals surface area contributed by atoms with E-state index in [1.807, 2.05) is 6.07 Å². The summed E-state index contributed by atoms with van der Waals surface area (Å²) in [6.07, 6.45) is 4.18. The number of hydrogen-bond donors (Lipinski definition) is 2.